The van der Waals surface area contributed by atoms with Gasteiger partial charge in [0, 0.05) is 38.0 Å². The number of esters is 1. The largest absolute Gasteiger partial charge is 0.465 e. The van der Waals surface area contributed by atoms with Crippen molar-refractivity contribution in [3.8, 4) is 0 Å². The van der Waals surface area contributed by atoms with Crippen LogP contribution in [0.4, 0.5) is 5.69 Å². The third kappa shape index (κ3) is 5.17. The van der Waals surface area contributed by atoms with Crippen LogP contribution in [0.3, 0.4) is 0 Å². The van der Waals surface area contributed by atoms with E-state index in [-0.39, 0.29) is 30.7 Å². The number of carbonyl (C=O) groups excluding carboxylic acids is 4. The number of rotatable bonds is 6. The maximum atomic E-state index is 14.5. The van der Waals surface area contributed by atoms with Crippen LogP contribution in [-0.2, 0) is 30.2 Å². The maximum absolute atomic E-state index is 14.5. The zero-order chi connectivity index (χ0) is 31.1. The highest BCUT2D eigenvalue weighted by atomic mass is 16.7. The van der Waals surface area contributed by atoms with Gasteiger partial charge in [-0.15, -0.1) is 0 Å². The molecule has 2 saturated heterocycles. The molecular weight excluding hydrogens is 574 g/mol. The average Bonchev–Trinajstić information content (AvgIpc) is 3.58. The maximum Gasteiger partial charge on any atom is 0.325 e. The summed E-state index contributed by atoms with van der Waals surface area (Å²) in [6.07, 6.45) is 1.70. The fraction of sp³-hybridized carbons (Fsp3) is 0.371. The molecule has 2 atom stereocenters. The molecule has 45 heavy (non-hydrogen) atoms. The molecule has 0 radical (unpaired) electrons. The van der Waals surface area contributed by atoms with Gasteiger partial charge in [-0.1, -0.05) is 48.5 Å². The van der Waals surface area contributed by atoms with Gasteiger partial charge in [-0.3, -0.25) is 24.1 Å². The number of carbonyl (C=O) groups is 4. The van der Waals surface area contributed by atoms with E-state index < -0.39 is 41.6 Å². The van der Waals surface area contributed by atoms with Gasteiger partial charge in [-0.2, -0.15) is 0 Å². The van der Waals surface area contributed by atoms with Gasteiger partial charge in [0.15, 0.2) is 5.79 Å². The van der Waals surface area contributed by atoms with E-state index in [9.17, 15) is 19.2 Å². The summed E-state index contributed by atoms with van der Waals surface area (Å²) < 4.78 is 17.1. The van der Waals surface area contributed by atoms with Crippen LogP contribution in [-0.4, -0.2) is 84.8 Å². The number of anilines is 1. The molecule has 232 valence electrons. The first-order valence-corrected chi connectivity index (χ1v) is 15.5. The zero-order valence-electron chi connectivity index (χ0n) is 25.1. The van der Waals surface area contributed by atoms with E-state index in [4.69, 9.17) is 14.2 Å². The molecule has 0 bridgehead atoms. The summed E-state index contributed by atoms with van der Waals surface area (Å²) in [7, 11) is 0. The minimum atomic E-state index is -1.13. The molecule has 3 amide bonds. The Morgan fingerprint density at radius 2 is 1.49 bits per heavy atom. The van der Waals surface area contributed by atoms with Gasteiger partial charge in [-0.25, -0.2) is 0 Å². The lowest BCUT2D eigenvalue weighted by Crippen LogP contribution is -2.52. The first-order valence-electron chi connectivity index (χ1n) is 15.5. The third-order valence-electron chi connectivity index (χ3n) is 9.30. The molecule has 0 aromatic heterocycles. The highest BCUT2D eigenvalue weighted by molar-refractivity contribution is 6.23. The summed E-state index contributed by atoms with van der Waals surface area (Å²) >= 11 is 0. The van der Waals surface area contributed by atoms with Gasteiger partial charge >= 0.3 is 5.97 Å². The number of nitrogens with zero attached hydrogens (tertiary/aromatic N) is 3. The summed E-state index contributed by atoms with van der Waals surface area (Å²) in [5.41, 5.74) is 4.05. The molecule has 4 heterocycles. The molecule has 10 heteroatoms. The topological polar surface area (TPSA) is 106 Å². The Morgan fingerprint density at radius 1 is 0.867 bits per heavy atom. The van der Waals surface area contributed by atoms with Crippen molar-refractivity contribution >= 4 is 29.4 Å². The minimum Gasteiger partial charge on any atom is -0.465 e. The van der Waals surface area contributed by atoms with Crippen LogP contribution in [0.2, 0.25) is 0 Å². The van der Waals surface area contributed by atoms with Crippen LogP contribution in [0.1, 0.15) is 63.2 Å². The quantitative estimate of drug-likeness (QED) is 0.308. The summed E-state index contributed by atoms with van der Waals surface area (Å²) in [4.78, 5) is 59.4. The van der Waals surface area contributed by atoms with Crippen LogP contribution >= 0.6 is 0 Å². The van der Waals surface area contributed by atoms with Crippen LogP contribution in [0.15, 0.2) is 72.8 Å². The smallest absolute Gasteiger partial charge is 0.325 e. The molecular formula is C35H35N3O7. The Morgan fingerprint density at radius 3 is 2.13 bits per heavy atom. The van der Waals surface area contributed by atoms with Gasteiger partial charge in [0.1, 0.15) is 12.6 Å². The number of hydrogen-bond donors (Lipinski definition) is 0. The van der Waals surface area contributed by atoms with Crippen molar-refractivity contribution in [3.63, 3.8) is 0 Å². The van der Waals surface area contributed by atoms with Crippen LogP contribution < -0.4 is 4.90 Å². The van der Waals surface area contributed by atoms with E-state index in [2.05, 4.69) is 4.90 Å². The number of imide groups is 1. The predicted octanol–water partition coefficient (Wildman–Crippen LogP) is 3.73. The van der Waals surface area contributed by atoms with Crippen molar-refractivity contribution in [1.82, 2.24) is 9.80 Å². The molecule has 2 fully saturated rings. The molecule has 1 spiro atoms. The lowest BCUT2D eigenvalue weighted by molar-refractivity contribution is -0.169. The van der Waals surface area contributed by atoms with E-state index in [1.54, 1.807) is 31.2 Å². The van der Waals surface area contributed by atoms with E-state index in [0.717, 1.165) is 53.2 Å². The molecule has 7 rings (SSSR count). The van der Waals surface area contributed by atoms with Gasteiger partial charge in [-0.05, 0) is 47.9 Å². The molecule has 3 aromatic carbocycles. The molecule has 4 aliphatic heterocycles. The van der Waals surface area contributed by atoms with Crippen molar-refractivity contribution in [2.75, 3.05) is 44.4 Å². The fourth-order valence-corrected chi connectivity index (χ4v) is 7.09. The van der Waals surface area contributed by atoms with E-state index in [0.29, 0.717) is 13.2 Å². The number of piperidine rings is 1. The lowest BCUT2D eigenvalue weighted by Gasteiger charge is -2.39. The second-order valence-electron chi connectivity index (χ2n) is 11.8. The van der Waals surface area contributed by atoms with Gasteiger partial charge < -0.3 is 24.0 Å². The summed E-state index contributed by atoms with van der Waals surface area (Å²) in [5.74, 6) is -2.54. The van der Waals surface area contributed by atoms with Crippen molar-refractivity contribution in [1.29, 1.82) is 0 Å². The molecule has 0 aliphatic carbocycles. The SMILES string of the molecule is CCOC(=O)CN1C(=O)[C@@H](N2C(=O)c3ccccc3C2=O)Cc2ccccc2C1c1ccc(N2CCC3(CC2)OCCO3)cc1. The molecule has 4 aliphatic rings. The number of fused-ring (bicyclic) bond motifs is 2. The summed E-state index contributed by atoms with van der Waals surface area (Å²) in [6, 6.07) is 20.5. The van der Waals surface area contributed by atoms with Crippen molar-refractivity contribution in [2.45, 2.75) is 44.1 Å². The monoisotopic (exact) mass is 609 g/mol. The Kier molecular flexibility index (Phi) is 7.63. The van der Waals surface area contributed by atoms with Gasteiger partial charge in [0.2, 0.25) is 5.91 Å². The zero-order valence-corrected chi connectivity index (χ0v) is 25.1. The first kappa shape index (κ1) is 29.2. The summed E-state index contributed by atoms with van der Waals surface area (Å²) in [6.45, 7) is 4.39. The second-order valence-corrected chi connectivity index (χ2v) is 11.8. The number of hydrogen-bond acceptors (Lipinski definition) is 8. The second kappa shape index (κ2) is 11.8. The van der Waals surface area contributed by atoms with Gasteiger partial charge in [0.05, 0.1) is 37.0 Å². The van der Waals surface area contributed by atoms with E-state index in [1.807, 2.05) is 48.5 Å². The Bertz CT molecular complexity index is 1600. The Hall–Kier alpha value is -4.54. The van der Waals surface area contributed by atoms with Crippen LogP contribution in [0.5, 0.6) is 0 Å². The lowest BCUT2D eigenvalue weighted by atomic mass is 9.92. The highest BCUT2D eigenvalue weighted by Gasteiger charge is 2.47. The third-order valence-corrected chi connectivity index (χ3v) is 9.30. The summed E-state index contributed by atoms with van der Waals surface area (Å²) in [5, 5.41) is 0. The standard InChI is InChI=1S/C35H35N3O7/c1-2-43-30(39)22-37-31(23-11-13-25(14-12-23)36-17-15-35(16-18-36)44-19-20-45-35)26-8-4-3-7-24(26)21-29(34(37)42)38-32(40)27-9-5-6-10-28(27)33(38)41/h3-14,29,31H,2,15-22H2,1H3/t29-,31?/m0/s1. The van der Waals surface area contributed by atoms with E-state index in [1.165, 1.54) is 4.90 Å². The van der Waals surface area contributed by atoms with Gasteiger partial charge in [0.25, 0.3) is 11.8 Å². The number of ether oxygens (including phenoxy) is 3. The van der Waals surface area contributed by atoms with Crippen LogP contribution in [0, 0.1) is 0 Å². The molecule has 0 N–H and O–H groups in total. The Balaban J connectivity index is 1.24. The molecule has 3 aromatic rings. The van der Waals surface area contributed by atoms with Crippen molar-refractivity contribution in [3.05, 3.63) is 101 Å². The normalized spacial score (nSPS) is 22.4. The predicted molar refractivity (Wildman–Crippen MR) is 164 cm³/mol. The number of amides is 3. The first-order chi connectivity index (χ1) is 21.9. The van der Waals surface area contributed by atoms with Crippen molar-refractivity contribution < 1.29 is 33.4 Å². The minimum absolute atomic E-state index is 0.133. The highest BCUT2D eigenvalue weighted by Crippen LogP contribution is 2.39. The molecule has 0 saturated carbocycles. The average molecular weight is 610 g/mol. The molecule has 10 nitrogen and oxygen atoms in total. The van der Waals surface area contributed by atoms with Crippen molar-refractivity contribution in [2.24, 2.45) is 0 Å². The van der Waals surface area contributed by atoms with Crippen LogP contribution in [0.25, 0.3) is 0 Å². The van der Waals surface area contributed by atoms with E-state index >= 15 is 0 Å². The fourth-order valence-electron chi connectivity index (χ4n) is 7.09. The molecule has 1 unspecified atom stereocenters. The number of benzene rings is 3. The Labute approximate surface area is 261 Å².